The largest absolute Gasteiger partial charge is 0.496 e. The van der Waals surface area contributed by atoms with Crippen LogP contribution in [0.15, 0.2) is 30.5 Å². The summed E-state index contributed by atoms with van der Waals surface area (Å²) in [5.41, 5.74) is 1.07. The molecule has 1 aromatic carbocycles. The Labute approximate surface area is 111 Å². The molecule has 0 unspecified atom stereocenters. The minimum atomic E-state index is -0.702. The van der Waals surface area contributed by atoms with Gasteiger partial charge in [-0.2, -0.15) is 0 Å². The average Bonchev–Trinajstić information content (AvgIpc) is 3.00. The van der Waals surface area contributed by atoms with Gasteiger partial charge in [-0.25, -0.2) is 0 Å². The normalized spacial score (nSPS) is 16.5. The molecule has 1 aliphatic carbocycles. The monoisotopic (exact) mass is 259 g/mol. The Bertz CT molecular complexity index is 625. The summed E-state index contributed by atoms with van der Waals surface area (Å²) in [6, 6.07) is 7.99. The maximum absolute atomic E-state index is 10.9. The van der Waals surface area contributed by atoms with E-state index in [-0.39, 0.29) is 11.8 Å². The highest BCUT2D eigenvalue weighted by Crippen LogP contribution is 2.50. The molecule has 0 saturated heterocycles. The van der Waals surface area contributed by atoms with Crippen LogP contribution in [0, 0.1) is 5.41 Å². The number of aromatic nitrogens is 1. The van der Waals surface area contributed by atoms with E-state index in [1.54, 1.807) is 7.11 Å². The Morgan fingerprint density at radius 3 is 2.84 bits per heavy atom. The van der Waals surface area contributed by atoms with Gasteiger partial charge in [-0.1, -0.05) is 6.07 Å². The van der Waals surface area contributed by atoms with E-state index >= 15 is 0 Å². The Hall–Kier alpha value is -1.97. The molecule has 3 rings (SSSR count). The van der Waals surface area contributed by atoms with Gasteiger partial charge < -0.3 is 14.4 Å². The van der Waals surface area contributed by atoms with Crippen molar-refractivity contribution in [3.8, 4) is 5.75 Å². The zero-order valence-electron chi connectivity index (χ0n) is 10.9. The average molecular weight is 259 g/mol. The van der Waals surface area contributed by atoms with Gasteiger partial charge in [0.05, 0.1) is 19.0 Å². The molecule has 0 atom stereocenters. The topological polar surface area (TPSA) is 51.5 Å². The molecule has 0 amide bonds. The minimum Gasteiger partial charge on any atom is -0.496 e. The molecule has 1 saturated carbocycles. The number of aliphatic carboxylic acids is 1. The van der Waals surface area contributed by atoms with Crippen LogP contribution in [0.5, 0.6) is 5.75 Å². The van der Waals surface area contributed by atoms with Crippen molar-refractivity contribution in [2.75, 3.05) is 7.11 Å². The van der Waals surface area contributed by atoms with Gasteiger partial charge in [0.15, 0.2) is 0 Å². The van der Waals surface area contributed by atoms with Gasteiger partial charge >= 0.3 is 5.97 Å². The Morgan fingerprint density at radius 2 is 2.21 bits per heavy atom. The summed E-state index contributed by atoms with van der Waals surface area (Å²) in [5, 5.41) is 10.1. The van der Waals surface area contributed by atoms with Crippen molar-refractivity contribution in [3.63, 3.8) is 0 Å². The standard InChI is InChI=1S/C15H17NO3/c1-19-13-4-2-3-12-11(13)5-8-16(12)10-15(6-7-15)9-14(17)18/h2-5,8H,6-7,9-10H2,1H3,(H,17,18). The lowest BCUT2D eigenvalue weighted by atomic mass is 10.0. The lowest BCUT2D eigenvalue weighted by Gasteiger charge is -2.14. The second-order valence-corrected chi connectivity index (χ2v) is 5.41. The van der Waals surface area contributed by atoms with Crippen molar-refractivity contribution in [1.29, 1.82) is 0 Å². The summed E-state index contributed by atoms with van der Waals surface area (Å²) < 4.78 is 7.49. The SMILES string of the molecule is COc1cccc2c1ccn2CC1(CC(=O)O)CC1. The molecule has 0 spiro atoms. The molecule has 1 N–H and O–H groups in total. The molecule has 4 nitrogen and oxygen atoms in total. The van der Waals surface area contributed by atoms with Crippen LogP contribution < -0.4 is 4.74 Å². The summed E-state index contributed by atoms with van der Waals surface area (Å²) in [6.45, 7) is 0.774. The van der Waals surface area contributed by atoms with Crippen LogP contribution in [-0.4, -0.2) is 22.8 Å². The molecular formula is C15H17NO3. The van der Waals surface area contributed by atoms with Crippen molar-refractivity contribution in [3.05, 3.63) is 30.5 Å². The Balaban J connectivity index is 1.92. The van der Waals surface area contributed by atoms with E-state index in [2.05, 4.69) is 10.6 Å². The minimum absolute atomic E-state index is 0.0408. The Kier molecular flexibility index (Phi) is 2.73. The van der Waals surface area contributed by atoms with Crippen molar-refractivity contribution >= 4 is 16.9 Å². The summed E-state index contributed by atoms with van der Waals surface area (Å²) in [6.07, 6.45) is 4.29. The summed E-state index contributed by atoms with van der Waals surface area (Å²) >= 11 is 0. The lowest BCUT2D eigenvalue weighted by molar-refractivity contribution is -0.138. The van der Waals surface area contributed by atoms with E-state index in [1.807, 2.05) is 24.4 Å². The number of methoxy groups -OCH3 is 1. The Morgan fingerprint density at radius 1 is 1.42 bits per heavy atom. The van der Waals surface area contributed by atoms with Gasteiger partial charge in [-0.15, -0.1) is 0 Å². The van der Waals surface area contributed by atoms with Crippen molar-refractivity contribution in [1.82, 2.24) is 4.57 Å². The lowest BCUT2D eigenvalue weighted by Crippen LogP contribution is -2.15. The van der Waals surface area contributed by atoms with Crippen LogP contribution in [0.2, 0.25) is 0 Å². The van der Waals surface area contributed by atoms with Gasteiger partial charge in [0.1, 0.15) is 5.75 Å². The quantitative estimate of drug-likeness (QED) is 0.898. The summed E-state index contributed by atoms with van der Waals surface area (Å²) in [5.74, 6) is 0.158. The predicted molar refractivity (Wildman–Crippen MR) is 72.4 cm³/mol. The van der Waals surface area contributed by atoms with Gasteiger partial charge in [0, 0.05) is 18.1 Å². The van der Waals surface area contributed by atoms with Gasteiger partial charge in [0.2, 0.25) is 0 Å². The zero-order chi connectivity index (χ0) is 13.5. The fourth-order valence-corrected chi connectivity index (χ4v) is 2.76. The highest BCUT2D eigenvalue weighted by atomic mass is 16.5. The molecule has 1 heterocycles. The van der Waals surface area contributed by atoms with E-state index in [0.29, 0.717) is 0 Å². The number of ether oxygens (including phenoxy) is 1. The van der Waals surface area contributed by atoms with E-state index in [4.69, 9.17) is 9.84 Å². The van der Waals surface area contributed by atoms with Gasteiger partial charge in [-0.05, 0) is 36.5 Å². The van der Waals surface area contributed by atoms with Crippen molar-refractivity contribution < 1.29 is 14.6 Å². The van der Waals surface area contributed by atoms with Gasteiger partial charge in [0.25, 0.3) is 0 Å². The van der Waals surface area contributed by atoms with Crippen LogP contribution in [0.4, 0.5) is 0 Å². The first kappa shape index (κ1) is 12.1. The van der Waals surface area contributed by atoms with Crippen LogP contribution in [0.25, 0.3) is 10.9 Å². The smallest absolute Gasteiger partial charge is 0.303 e. The molecule has 1 aromatic heterocycles. The molecule has 0 bridgehead atoms. The predicted octanol–water partition coefficient (Wildman–Crippen LogP) is 2.90. The third-order valence-corrected chi connectivity index (χ3v) is 3.98. The van der Waals surface area contributed by atoms with Crippen molar-refractivity contribution in [2.45, 2.75) is 25.8 Å². The van der Waals surface area contributed by atoms with Crippen LogP contribution in [0.3, 0.4) is 0 Å². The number of carboxylic acids is 1. The second kappa shape index (κ2) is 4.30. The number of fused-ring (bicyclic) bond motifs is 1. The highest BCUT2D eigenvalue weighted by molar-refractivity contribution is 5.86. The molecule has 2 aromatic rings. The number of carbonyl (C=O) groups is 1. The number of rotatable bonds is 5. The van der Waals surface area contributed by atoms with Crippen LogP contribution >= 0.6 is 0 Å². The summed E-state index contributed by atoms with van der Waals surface area (Å²) in [4.78, 5) is 10.9. The van der Waals surface area contributed by atoms with Crippen LogP contribution in [0.1, 0.15) is 19.3 Å². The third-order valence-electron chi connectivity index (χ3n) is 3.98. The first-order chi connectivity index (χ1) is 9.13. The fourth-order valence-electron chi connectivity index (χ4n) is 2.76. The molecule has 19 heavy (non-hydrogen) atoms. The molecule has 0 radical (unpaired) electrons. The molecule has 100 valence electrons. The third kappa shape index (κ3) is 2.18. The first-order valence-corrected chi connectivity index (χ1v) is 6.47. The number of hydrogen-bond donors (Lipinski definition) is 1. The molecule has 0 aliphatic heterocycles. The van der Waals surface area contributed by atoms with E-state index in [1.165, 1.54) is 0 Å². The zero-order valence-corrected chi connectivity index (χ0v) is 10.9. The van der Waals surface area contributed by atoms with Crippen LogP contribution in [-0.2, 0) is 11.3 Å². The molecule has 4 heteroatoms. The number of benzene rings is 1. The molecular weight excluding hydrogens is 242 g/mol. The fraction of sp³-hybridized carbons (Fsp3) is 0.400. The maximum Gasteiger partial charge on any atom is 0.303 e. The van der Waals surface area contributed by atoms with E-state index < -0.39 is 5.97 Å². The number of nitrogens with zero attached hydrogens (tertiary/aromatic N) is 1. The molecule has 1 aliphatic rings. The molecule has 1 fully saturated rings. The number of carboxylic acid groups (broad SMARTS) is 1. The highest BCUT2D eigenvalue weighted by Gasteiger charge is 2.44. The van der Waals surface area contributed by atoms with E-state index in [9.17, 15) is 4.79 Å². The maximum atomic E-state index is 10.9. The van der Waals surface area contributed by atoms with Crippen molar-refractivity contribution in [2.24, 2.45) is 5.41 Å². The first-order valence-electron chi connectivity index (χ1n) is 6.47. The number of hydrogen-bond acceptors (Lipinski definition) is 2. The summed E-state index contributed by atoms with van der Waals surface area (Å²) in [7, 11) is 1.67. The van der Waals surface area contributed by atoms with Gasteiger partial charge in [-0.3, -0.25) is 4.79 Å². The second-order valence-electron chi connectivity index (χ2n) is 5.41. The van der Waals surface area contributed by atoms with E-state index in [0.717, 1.165) is 36.0 Å².